The molecule has 1 rings (SSSR count). The van der Waals surface area contributed by atoms with Crippen molar-refractivity contribution in [3.8, 4) is 0 Å². The monoisotopic (exact) mass is 196 g/mol. The SMILES string of the molecule is CCCCCC(CC)N1C=CN(C)C1. The van der Waals surface area contributed by atoms with Crippen molar-refractivity contribution < 1.29 is 0 Å². The molecule has 2 nitrogen and oxygen atoms in total. The molecule has 1 unspecified atom stereocenters. The van der Waals surface area contributed by atoms with Crippen LogP contribution in [0.4, 0.5) is 0 Å². The lowest BCUT2D eigenvalue weighted by atomic mass is 10.1. The van der Waals surface area contributed by atoms with E-state index < -0.39 is 0 Å². The predicted octanol–water partition coefficient (Wildman–Crippen LogP) is 3.02. The first-order valence-electron chi connectivity index (χ1n) is 5.92. The molecule has 1 atom stereocenters. The molecule has 1 aliphatic rings. The maximum atomic E-state index is 2.47. The van der Waals surface area contributed by atoms with E-state index in [1.807, 2.05) is 0 Å². The minimum atomic E-state index is 0.753. The van der Waals surface area contributed by atoms with Gasteiger partial charge in [-0.05, 0) is 12.8 Å². The lowest BCUT2D eigenvalue weighted by molar-refractivity contribution is 0.212. The van der Waals surface area contributed by atoms with Gasteiger partial charge in [-0.3, -0.25) is 0 Å². The van der Waals surface area contributed by atoms with Crippen molar-refractivity contribution in [3.05, 3.63) is 12.4 Å². The van der Waals surface area contributed by atoms with Gasteiger partial charge in [-0.1, -0.05) is 33.1 Å². The van der Waals surface area contributed by atoms with Crippen LogP contribution in [-0.4, -0.2) is 29.6 Å². The maximum absolute atomic E-state index is 2.47. The van der Waals surface area contributed by atoms with Crippen molar-refractivity contribution >= 4 is 0 Å². The van der Waals surface area contributed by atoms with Gasteiger partial charge >= 0.3 is 0 Å². The highest BCUT2D eigenvalue weighted by molar-refractivity contribution is 4.92. The van der Waals surface area contributed by atoms with E-state index in [1.54, 1.807) is 0 Å². The van der Waals surface area contributed by atoms with Crippen molar-refractivity contribution in [3.63, 3.8) is 0 Å². The quantitative estimate of drug-likeness (QED) is 0.602. The Labute approximate surface area is 88.6 Å². The normalized spacial score (nSPS) is 17.9. The fraction of sp³-hybridized carbons (Fsp3) is 0.833. The van der Waals surface area contributed by atoms with Crippen LogP contribution >= 0.6 is 0 Å². The molecule has 0 amide bonds. The summed E-state index contributed by atoms with van der Waals surface area (Å²) in [7, 11) is 2.13. The van der Waals surface area contributed by atoms with E-state index in [0.717, 1.165) is 12.7 Å². The summed E-state index contributed by atoms with van der Waals surface area (Å²) in [6.07, 6.45) is 11.1. The number of rotatable bonds is 6. The molecule has 1 heterocycles. The molecule has 0 fully saturated rings. The minimum absolute atomic E-state index is 0.753. The molecule has 1 aliphatic heterocycles. The van der Waals surface area contributed by atoms with E-state index in [9.17, 15) is 0 Å². The summed E-state index contributed by atoms with van der Waals surface area (Å²) in [5.41, 5.74) is 0. The number of hydrogen-bond acceptors (Lipinski definition) is 2. The Kier molecular flexibility index (Phi) is 4.85. The Hall–Kier alpha value is -0.660. The third-order valence-corrected chi connectivity index (χ3v) is 2.98. The molecule has 0 spiro atoms. The third-order valence-electron chi connectivity index (χ3n) is 2.98. The second-order valence-electron chi connectivity index (χ2n) is 4.27. The molecule has 14 heavy (non-hydrogen) atoms. The van der Waals surface area contributed by atoms with Crippen molar-refractivity contribution in [2.24, 2.45) is 0 Å². The van der Waals surface area contributed by atoms with E-state index >= 15 is 0 Å². The average molecular weight is 196 g/mol. The van der Waals surface area contributed by atoms with Crippen LogP contribution in [0.2, 0.25) is 0 Å². The van der Waals surface area contributed by atoms with E-state index in [1.165, 1.54) is 32.1 Å². The summed E-state index contributed by atoms with van der Waals surface area (Å²) in [6.45, 7) is 5.64. The van der Waals surface area contributed by atoms with Gasteiger partial charge in [0.25, 0.3) is 0 Å². The first-order valence-corrected chi connectivity index (χ1v) is 5.92. The molecular formula is C12H24N2. The van der Waals surface area contributed by atoms with Crippen LogP contribution in [0.5, 0.6) is 0 Å². The topological polar surface area (TPSA) is 6.48 Å². The molecule has 0 saturated carbocycles. The first-order chi connectivity index (χ1) is 6.77. The Morgan fingerprint density at radius 2 is 2.00 bits per heavy atom. The third kappa shape index (κ3) is 3.24. The smallest absolute Gasteiger partial charge is 0.0893 e. The molecule has 0 N–H and O–H groups in total. The minimum Gasteiger partial charge on any atom is -0.362 e. The highest BCUT2D eigenvalue weighted by atomic mass is 15.3. The fourth-order valence-corrected chi connectivity index (χ4v) is 2.02. The van der Waals surface area contributed by atoms with Gasteiger partial charge in [0, 0.05) is 25.5 Å². The standard InChI is InChI=1S/C12H24N2/c1-4-6-7-8-12(5-2)14-10-9-13(3)11-14/h9-10,12H,4-8,11H2,1-3H3. The van der Waals surface area contributed by atoms with Gasteiger partial charge < -0.3 is 9.80 Å². The van der Waals surface area contributed by atoms with Crippen LogP contribution in [0.25, 0.3) is 0 Å². The van der Waals surface area contributed by atoms with E-state index in [0.29, 0.717) is 0 Å². The average Bonchev–Trinajstić information content (AvgIpc) is 2.60. The Balaban J connectivity index is 2.27. The largest absolute Gasteiger partial charge is 0.362 e. The van der Waals surface area contributed by atoms with E-state index in [2.05, 4.69) is 43.1 Å². The fourth-order valence-electron chi connectivity index (χ4n) is 2.02. The molecular weight excluding hydrogens is 172 g/mol. The Morgan fingerprint density at radius 3 is 2.50 bits per heavy atom. The summed E-state index contributed by atoms with van der Waals surface area (Å²) < 4.78 is 0. The Bertz CT molecular complexity index is 177. The van der Waals surface area contributed by atoms with Crippen LogP contribution < -0.4 is 0 Å². The molecule has 2 heteroatoms. The van der Waals surface area contributed by atoms with E-state index in [4.69, 9.17) is 0 Å². The van der Waals surface area contributed by atoms with E-state index in [-0.39, 0.29) is 0 Å². The van der Waals surface area contributed by atoms with Gasteiger partial charge in [0.15, 0.2) is 0 Å². The van der Waals surface area contributed by atoms with Crippen molar-refractivity contribution in [2.45, 2.75) is 52.0 Å². The highest BCUT2D eigenvalue weighted by Gasteiger charge is 2.16. The van der Waals surface area contributed by atoms with Crippen LogP contribution in [-0.2, 0) is 0 Å². The van der Waals surface area contributed by atoms with Gasteiger partial charge in [-0.25, -0.2) is 0 Å². The van der Waals surface area contributed by atoms with Gasteiger partial charge in [0.05, 0.1) is 6.67 Å². The molecule has 82 valence electrons. The second-order valence-corrected chi connectivity index (χ2v) is 4.27. The summed E-state index contributed by atoms with van der Waals surface area (Å²) in [6, 6.07) is 0.753. The number of hydrogen-bond donors (Lipinski definition) is 0. The summed E-state index contributed by atoms with van der Waals surface area (Å²) >= 11 is 0. The molecule has 0 aromatic rings. The van der Waals surface area contributed by atoms with Gasteiger partial charge in [0.1, 0.15) is 0 Å². The molecule has 0 aliphatic carbocycles. The van der Waals surface area contributed by atoms with Crippen molar-refractivity contribution in [2.75, 3.05) is 13.7 Å². The zero-order valence-electron chi connectivity index (χ0n) is 9.87. The van der Waals surface area contributed by atoms with Crippen molar-refractivity contribution in [1.29, 1.82) is 0 Å². The summed E-state index contributed by atoms with van der Waals surface area (Å²) in [5, 5.41) is 0. The molecule has 0 radical (unpaired) electrons. The first kappa shape index (κ1) is 11.4. The lowest BCUT2D eigenvalue weighted by Gasteiger charge is -2.27. The maximum Gasteiger partial charge on any atom is 0.0893 e. The van der Waals surface area contributed by atoms with Crippen LogP contribution in [0, 0.1) is 0 Å². The van der Waals surface area contributed by atoms with Crippen LogP contribution in [0.15, 0.2) is 12.4 Å². The highest BCUT2D eigenvalue weighted by Crippen LogP contribution is 2.17. The summed E-state index contributed by atoms with van der Waals surface area (Å²) in [4.78, 5) is 4.71. The second kappa shape index (κ2) is 5.94. The van der Waals surface area contributed by atoms with Gasteiger partial charge in [-0.15, -0.1) is 0 Å². The van der Waals surface area contributed by atoms with Crippen molar-refractivity contribution in [1.82, 2.24) is 9.80 Å². The molecule has 0 bridgehead atoms. The number of unbranched alkanes of at least 4 members (excludes halogenated alkanes) is 2. The zero-order valence-corrected chi connectivity index (χ0v) is 9.87. The summed E-state index contributed by atoms with van der Waals surface area (Å²) in [5.74, 6) is 0. The van der Waals surface area contributed by atoms with Gasteiger partial charge in [0.2, 0.25) is 0 Å². The van der Waals surface area contributed by atoms with Crippen LogP contribution in [0.1, 0.15) is 46.0 Å². The lowest BCUT2D eigenvalue weighted by Crippen LogP contribution is -2.32. The zero-order chi connectivity index (χ0) is 10.4. The van der Waals surface area contributed by atoms with Crippen LogP contribution in [0.3, 0.4) is 0 Å². The number of nitrogens with zero attached hydrogens (tertiary/aromatic N) is 2. The Morgan fingerprint density at radius 1 is 1.21 bits per heavy atom. The predicted molar refractivity (Wildman–Crippen MR) is 61.8 cm³/mol. The molecule has 0 aromatic carbocycles. The van der Waals surface area contributed by atoms with Gasteiger partial charge in [-0.2, -0.15) is 0 Å². The molecule has 0 aromatic heterocycles. The molecule has 0 saturated heterocycles.